The van der Waals surface area contributed by atoms with Gasteiger partial charge in [-0.1, -0.05) is 0 Å². The Morgan fingerprint density at radius 3 is 2.32 bits per heavy atom. The average Bonchev–Trinajstić information content (AvgIpc) is 2.67. The molecule has 1 aromatic carbocycles. The second-order valence-electron chi connectivity index (χ2n) is 6.76. The number of alkyl halides is 2. The molecule has 2 saturated heterocycles. The Bertz CT molecular complexity index is 760. The normalized spacial score (nSPS) is 23.4. The number of carbonyl (C=O) groups excluding carboxylic acids is 2. The molecule has 2 aliphatic heterocycles. The Hall–Kier alpha value is -2.59. The second kappa shape index (κ2) is 7.80. The lowest BCUT2D eigenvalue weighted by atomic mass is 10.1. The Morgan fingerprint density at radius 2 is 1.75 bits per heavy atom. The third-order valence-corrected chi connectivity index (χ3v) is 4.87. The van der Waals surface area contributed by atoms with E-state index in [0.29, 0.717) is 11.3 Å². The summed E-state index contributed by atoms with van der Waals surface area (Å²) in [6.07, 6.45) is -4.23. The van der Waals surface area contributed by atoms with E-state index < -0.39 is 30.0 Å². The van der Waals surface area contributed by atoms with Crippen LogP contribution in [0, 0.1) is 0 Å². The van der Waals surface area contributed by atoms with Gasteiger partial charge in [0, 0.05) is 43.7 Å². The van der Waals surface area contributed by atoms with Crippen LogP contribution in [-0.4, -0.2) is 77.3 Å². The molecule has 0 saturated carbocycles. The summed E-state index contributed by atoms with van der Waals surface area (Å²) in [5.41, 5.74) is 0.717. The van der Waals surface area contributed by atoms with E-state index in [-0.39, 0.29) is 45.0 Å². The zero-order valence-electron chi connectivity index (χ0n) is 14.9. The van der Waals surface area contributed by atoms with Crippen molar-refractivity contribution in [1.29, 1.82) is 0 Å². The molecular formula is C18H20F2N2O6. The molecule has 28 heavy (non-hydrogen) atoms. The van der Waals surface area contributed by atoms with Crippen molar-refractivity contribution in [3.05, 3.63) is 29.8 Å². The van der Waals surface area contributed by atoms with Crippen LogP contribution >= 0.6 is 0 Å². The summed E-state index contributed by atoms with van der Waals surface area (Å²) in [5.74, 6) is -5.37. The number of halogens is 2. The number of rotatable bonds is 4. The van der Waals surface area contributed by atoms with Gasteiger partial charge in [-0.25, -0.2) is 13.6 Å². The number of carboxylic acid groups (broad SMARTS) is 1. The zero-order chi connectivity index (χ0) is 20.5. The number of carboxylic acids is 1. The number of amides is 2. The van der Waals surface area contributed by atoms with Gasteiger partial charge in [-0.2, -0.15) is 0 Å². The smallest absolute Gasteiger partial charge is 0.335 e. The molecule has 0 aromatic heterocycles. The molecule has 2 amide bonds. The Kier molecular flexibility index (Phi) is 5.61. The number of hydrogen-bond acceptors (Lipinski definition) is 5. The van der Waals surface area contributed by atoms with E-state index in [9.17, 15) is 28.3 Å². The van der Waals surface area contributed by atoms with Crippen LogP contribution in [0.2, 0.25) is 0 Å². The van der Waals surface area contributed by atoms with E-state index in [0.717, 1.165) is 0 Å². The number of morpholine rings is 1. The van der Waals surface area contributed by atoms with E-state index in [1.807, 2.05) is 0 Å². The molecule has 8 nitrogen and oxygen atoms in total. The van der Waals surface area contributed by atoms with Crippen molar-refractivity contribution in [1.82, 2.24) is 4.90 Å². The van der Waals surface area contributed by atoms with Crippen molar-refractivity contribution >= 4 is 23.5 Å². The monoisotopic (exact) mass is 398 g/mol. The van der Waals surface area contributed by atoms with Crippen molar-refractivity contribution < 1.29 is 38.1 Å². The highest BCUT2D eigenvalue weighted by Gasteiger charge is 2.39. The third kappa shape index (κ3) is 4.12. The van der Waals surface area contributed by atoms with Crippen LogP contribution in [0.4, 0.5) is 14.5 Å². The van der Waals surface area contributed by atoms with Gasteiger partial charge in [-0.15, -0.1) is 0 Å². The maximum Gasteiger partial charge on any atom is 0.335 e. The van der Waals surface area contributed by atoms with Crippen LogP contribution in [0.25, 0.3) is 0 Å². The van der Waals surface area contributed by atoms with Gasteiger partial charge in [-0.05, 0) is 24.3 Å². The summed E-state index contributed by atoms with van der Waals surface area (Å²) in [7, 11) is 0. The molecule has 2 fully saturated rings. The molecule has 2 N–H and O–H groups in total. The van der Waals surface area contributed by atoms with E-state index in [1.54, 1.807) is 0 Å². The zero-order valence-corrected chi connectivity index (χ0v) is 14.9. The molecule has 0 unspecified atom stereocenters. The molecule has 0 aliphatic carbocycles. The lowest BCUT2D eigenvalue weighted by Gasteiger charge is -2.34. The number of nitrogens with zero attached hydrogens (tertiary/aromatic N) is 2. The van der Waals surface area contributed by atoms with Crippen LogP contribution in [0.3, 0.4) is 0 Å². The predicted molar refractivity (Wildman–Crippen MR) is 92.3 cm³/mol. The summed E-state index contributed by atoms with van der Waals surface area (Å²) in [6.45, 7) is 0.161. The summed E-state index contributed by atoms with van der Waals surface area (Å²) in [6, 6.07) is 5.99. The number of likely N-dealkylation sites (tertiary alicyclic amines) is 1. The van der Waals surface area contributed by atoms with Gasteiger partial charge in [0.2, 0.25) is 0 Å². The number of benzene rings is 1. The maximum absolute atomic E-state index is 13.2. The first kappa shape index (κ1) is 20.2. The third-order valence-electron chi connectivity index (χ3n) is 4.87. The predicted octanol–water partition coefficient (Wildman–Crippen LogP) is 0.735. The van der Waals surface area contributed by atoms with Gasteiger partial charge >= 0.3 is 5.97 Å². The standard InChI is InChI=1S/C18H20F2N2O6/c19-18(20)5-7-21(8-6-18)15(24)11-1-3-12(4-2-11)22-9-10-28-14(16(22)25)13(23)17(26)27/h1-4,13-14,23H,5-10H2,(H,26,27)/t13-,14-/m1/s1. The van der Waals surface area contributed by atoms with E-state index >= 15 is 0 Å². The van der Waals surface area contributed by atoms with Crippen molar-refractivity contribution in [3.8, 4) is 0 Å². The van der Waals surface area contributed by atoms with Gasteiger partial charge in [0.25, 0.3) is 17.7 Å². The lowest BCUT2D eigenvalue weighted by molar-refractivity contribution is -0.163. The van der Waals surface area contributed by atoms with E-state index in [2.05, 4.69) is 0 Å². The molecular weight excluding hydrogens is 378 g/mol. The summed E-state index contributed by atoms with van der Waals surface area (Å²) in [4.78, 5) is 38.4. The molecule has 0 radical (unpaired) electrons. The Labute approximate surface area is 159 Å². The van der Waals surface area contributed by atoms with Crippen molar-refractivity contribution in [2.45, 2.75) is 31.0 Å². The average molecular weight is 398 g/mol. The number of piperidine rings is 1. The van der Waals surface area contributed by atoms with Gasteiger partial charge < -0.3 is 24.7 Å². The fourth-order valence-corrected chi connectivity index (χ4v) is 3.22. The molecule has 0 spiro atoms. The molecule has 1 aromatic rings. The van der Waals surface area contributed by atoms with Crippen LogP contribution in [0.1, 0.15) is 23.2 Å². The number of ether oxygens (including phenoxy) is 1. The van der Waals surface area contributed by atoms with Gasteiger partial charge in [-0.3, -0.25) is 9.59 Å². The number of anilines is 1. The lowest BCUT2D eigenvalue weighted by Crippen LogP contribution is -2.54. The molecule has 2 heterocycles. The van der Waals surface area contributed by atoms with Gasteiger partial charge in [0.05, 0.1) is 6.61 Å². The summed E-state index contributed by atoms with van der Waals surface area (Å²) in [5, 5.41) is 18.5. The number of aliphatic hydroxyl groups is 1. The summed E-state index contributed by atoms with van der Waals surface area (Å²) < 4.78 is 31.6. The fourth-order valence-electron chi connectivity index (χ4n) is 3.22. The number of aliphatic hydroxyl groups excluding tert-OH is 1. The largest absolute Gasteiger partial charge is 0.479 e. The molecule has 152 valence electrons. The summed E-state index contributed by atoms with van der Waals surface area (Å²) >= 11 is 0. The maximum atomic E-state index is 13.2. The minimum Gasteiger partial charge on any atom is -0.479 e. The van der Waals surface area contributed by atoms with Crippen molar-refractivity contribution in [2.24, 2.45) is 0 Å². The number of hydrogen-bond donors (Lipinski definition) is 2. The first-order valence-electron chi connectivity index (χ1n) is 8.81. The molecule has 3 rings (SSSR count). The first-order valence-corrected chi connectivity index (χ1v) is 8.81. The highest BCUT2D eigenvalue weighted by Crippen LogP contribution is 2.29. The minimum atomic E-state index is -2.74. The van der Waals surface area contributed by atoms with Crippen LogP contribution < -0.4 is 4.90 Å². The SMILES string of the molecule is O=C(O)[C@H](O)[C@H]1OCCN(c2ccc(C(=O)N3CCC(F)(F)CC3)cc2)C1=O. The van der Waals surface area contributed by atoms with Crippen molar-refractivity contribution in [3.63, 3.8) is 0 Å². The molecule has 0 bridgehead atoms. The van der Waals surface area contributed by atoms with Gasteiger partial charge in [0.1, 0.15) is 0 Å². The molecule has 10 heteroatoms. The number of carbonyl (C=O) groups is 3. The Morgan fingerprint density at radius 1 is 1.14 bits per heavy atom. The van der Waals surface area contributed by atoms with E-state index in [4.69, 9.17) is 9.84 Å². The fraction of sp³-hybridized carbons (Fsp3) is 0.500. The van der Waals surface area contributed by atoms with Crippen LogP contribution in [-0.2, 0) is 14.3 Å². The molecule has 2 atom stereocenters. The van der Waals surface area contributed by atoms with Crippen molar-refractivity contribution in [2.75, 3.05) is 31.1 Å². The quantitative estimate of drug-likeness (QED) is 0.775. The first-order chi connectivity index (χ1) is 13.2. The van der Waals surface area contributed by atoms with E-state index in [1.165, 1.54) is 34.1 Å². The molecule has 2 aliphatic rings. The topological polar surface area (TPSA) is 107 Å². The highest BCUT2D eigenvalue weighted by molar-refractivity contribution is 6.01. The highest BCUT2D eigenvalue weighted by atomic mass is 19.3. The van der Waals surface area contributed by atoms with Gasteiger partial charge in [0.15, 0.2) is 12.2 Å². The Balaban J connectivity index is 1.69. The van der Waals surface area contributed by atoms with Crippen LogP contribution in [0.5, 0.6) is 0 Å². The minimum absolute atomic E-state index is 0.0235. The van der Waals surface area contributed by atoms with Crippen LogP contribution in [0.15, 0.2) is 24.3 Å². The second-order valence-corrected chi connectivity index (χ2v) is 6.76. The number of aliphatic carboxylic acids is 1.